The number of methoxy groups -OCH3 is 1. The first-order chi connectivity index (χ1) is 20.2. The average molecular weight is 574 g/mol. The lowest BCUT2D eigenvalue weighted by molar-refractivity contribution is -0.135. The Morgan fingerprint density at radius 3 is 2.48 bits per heavy atom. The molecule has 1 fully saturated rings. The molecule has 1 saturated heterocycles. The van der Waals surface area contributed by atoms with Gasteiger partial charge in [-0.25, -0.2) is 19.2 Å². The van der Waals surface area contributed by atoms with Crippen LogP contribution in [0, 0.1) is 5.82 Å². The van der Waals surface area contributed by atoms with Gasteiger partial charge in [-0.3, -0.25) is 9.58 Å². The van der Waals surface area contributed by atoms with Crippen LogP contribution in [0.2, 0.25) is 0 Å². The van der Waals surface area contributed by atoms with Crippen molar-refractivity contribution in [2.45, 2.75) is 45.1 Å². The van der Waals surface area contributed by atoms with Crippen molar-refractivity contribution >= 4 is 24.0 Å². The number of nitrogens with zero attached hydrogens (tertiary/aromatic N) is 5. The minimum absolute atomic E-state index is 0.0391. The maximum absolute atomic E-state index is 14.0. The number of halogens is 1. The van der Waals surface area contributed by atoms with E-state index < -0.39 is 18.5 Å². The zero-order valence-electron chi connectivity index (χ0n) is 23.8. The normalized spacial score (nSPS) is 16.9. The topological polar surface area (TPSA) is 112 Å². The van der Waals surface area contributed by atoms with E-state index in [-0.39, 0.29) is 18.2 Å². The van der Waals surface area contributed by atoms with Crippen LogP contribution in [0.3, 0.4) is 0 Å². The number of aliphatic hydroxyl groups is 1. The third-order valence-electron chi connectivity index (χ3n) is 6.83. The second-order valence-electron chi connectivity index (χ2n) is 10.2. The molecule has 0 spiro atoms. The number of hydrogen-bond donors (Lipinski definition) is 1. The Balaban J connectivity index is 1.65. The molecule has 10 nitrogen and oxygen atoms in total. The van der Waals surface area contributed by atoms with E-state index in [2.05, 4.69) is 9.84 Å². The number of cyclic esters (lactones) is 2. The third-order valence-corrected chi connectivity index (χ3v) is 6.83. The first-order valence-electron chi connectivity index (χ1n) is 13.5. The first-order valence-corrected chi connectivity index (χ1v) is 13.5. The fourth-order valence-corrected chi connectivity index (χ4v) is 4.71. The van der Waals surface area contributed by atoms with Crippen molar-refractivity contribution in [3.8, 4) is 17.0 Å². The summed E-state index contributed by atoms with van der Waals surface area (Å²) >= 11 is 0. The van der Waals surface area contributed by atoms with Crippen LogP contribution in [0.5, 0.6) is 5.75 Å². The Labute approximate surface area is 243 Å². The number of carbonyl (C=O) groups excluding carboxylic acids is 1. The molecule has 1 N–H and O–H groups in total. The first kappa shape index (κ1) is 28.7. The van der Waals surface area contributed by atoms with E-state index in [0.717, 1.165) is 22.8 Å². The number of rotatable bonds is 9. The Kier molecular flexibility index (Phi) is 8.48. The number of aliphatic hydroxyl groups excluding tert-OH is 1. The smallest absolute Gasteiger partial charge is 0.497 e. The molecule has 2 aromatic carbocycles. The van der Waals surface area contributed by atoms with Crippen LogP contribution in [0.15, 0.2) is 66.9 Å². The summed E-state index contributed by atoms with van der Waals surface area (Å²) in [4.78, 5) is 23.8. The summed E-state index contributed by atoms with van der Waals surface area (Å²) in [6, 6.07) is 15.7. The van der Waals surface area contributed by atoms with Gasteiger partial charge in [-0.2, -0.15) is 5.10 Å². The van der Waals surface area contributed by atoms with Gasteiger partial charge < -0.3 is 19.3 Å². The maximum Gasteiger partial charge on any atom is 0.511 e. The minimum atomic E-state index is -1.26. The molecule has 218 valence electrons. The summed E-state index contributed by atoms with van der Waals surface area (Å²) in [7, 11) is 3.47. The molecule has 2 atom stereocenters. The summed E-state index contributed by atoms with van der Waals surface area (Å²) in [6.07, 6.45) is 2.35. The molecule has 4 aromatic rings. The molecule has 5 rings (SSSR count). The Morgan fingerprint density at radius 2 is 1.86 bits per heavy atom. The lowest BCUT2D eigenvalue weighted by Crippen LogP contribution is -2.33. The van der Waals surface area contributed by atoms with Gasteiger partial charge in [0.25, 0.3) is 0 Å². The van der Waals surface area contributed by atoms with Gasteiger partial charge in [0.2, 0.25) is 12.2 Å². The van der Waals surface area contributed by atoms with Crippen LogP contribution in [0.1, 0.15) is 43.0 Å². The predicted molar refractivity (Wildman–Crippen MR) is 155 cm³/mol. The monoisotopic (exact) mass is 573 g/mol. The van der Waals surface area contributed by atoms with E-state index in [1.54, 1.807) is 42.3 Å². The molecular formula is C31H32FN5O5. The summed E-state index contributed by atoms with van der Waals surface area (Å²) in [5.41, 5.74) is 3.67. The van der Waals surface area contributed by atoms with Crippen molar-refractivity contribution in [2.75, 3.05) is 12.0 Å². The molecule has 0 unspecified atom stereocenters. The Bertz CT molecular complexity index is 1570. The molecule has 0 amide bonds. The molecule has 1 aliphatic heterocycles. The van der Waals surface area contributed by atoms with Crippen molar-refractivity contribution < 1.29 is 28.5 Å². The lowest BCUT2D eigenvalue weighted by atomic mass is 9.97. The van der Waals surface area contributed by atoms with E-state index in [1.807, 2.05) is 56.1 Å². The van der Waals surface area contributed by atoms with Crippen LogP contribution in [-0.2, 0) is 23.1 Å². The Hall–Kier alpha value is -4.77. The van der Waals surface area contributed by atoms with Crippen LogP contribution in [-0.4, -0.2) is 50.5 Å². The van der Waals surface area contributed by atoms with E-state index in [4.69, 9.17) is 19.4 Å². The third kappa shape index (κ3) is 6.41. The quantitative estimate of drug-likeness (QED) is 0.250. The highest BCUT2D eigenvalue weighted by Crippen LogP contribution is 2.34. The molecule has 0 saturated carbocycles. The fourth-order valence-electron chi connectivity index (χ4n) is 4.71. The van der Waals surface area contributed by atoms with Gasteiger partial charge in [-0.1, -0.05) is 32.1 Å². The largest absolute Gasteiger partial charge is 0.511 e. The average Bonchev–Trinajstić information content (AvgIpc) is 3.40. The van der Waals surface area contributed by atoms with Crippen molar-refractivity contribution in [3.05, 3.63) is 89.5 Å². The number of anilines is 2. The SMILES string of the molecule is COc1ccc(CN(c2nc(-c3ccc(F)cc3)c(/C=C/[C@@H]3C[C@@H](O)OC(=O)O3)c(C(C)C)n2)c2ccnn2C)cc1. The predicted octanol–water partition coefficient (Wildman–Crippen LogP) is 5.74. The second kappa shape index (κ2) is 12.4. The fraction of sp³-hybridized carbons (Fsp3) is 0.290. The van der Waals surface area contributed by atoms with Gasteiger partial charge in [0.1, 0.15) is 23.5 Å². The van der Waals surface area contributed by atoms with E-state index in [1.165, 1.54) is 12.1 Å². The Morgan fingerprint density at radius 1 is 1.12 bits per heavy atom. The zero-order chi connectivity index (χ0) is 29.8. The van der Waals surface area contributed by atoms with Gasteiger partial charge in [0.05, 0.1) is 37.7 Å². The summed E-state index contributed by atoms with van der Waals surface area (Å²) in [6.45, 7) is 4.48. The van der Waals surface area contributed by atoms with Crippen LogP contribution in [0.4, 0.5) is 21.0 Å². The van der Waals surface area contributed by atoms with E-state index >= 15 is 0 Å². The molecule has 0 aliphatic carbocycles. The van der Waals surface area contributed by atoms with Crippen molar-refractivity contribution in [3.63, 3.8) is 0 Å². The van der Waals surface area contributed by atoms with Gasteiger partial charge in [-0.05, 0) is 54.0 Å². The number of benzene rings is 2. The summed E-state index contributed by atoms with van der Waals surface area (Å²) < 4.78 is 30.9. The molecule has 2 aromatic heterocycles. The van der Waals surface area contributed by atoms with Crippen molar-refractivity contribution in [1.29, 1.82) is 0 Å². The van der Waals surface area contributed by atoms with Crippen molar-refractivity contribution in [2.24, 2.45) is 7.05 Å². The van der Waals surface area contributed by atoms with Gasteiger partial charge in [0, 0.05) is 24.2 Å². The number of ether oxygens (including phenoxy) is 3. The number of aryl methyl sites for hydroxylation is 1. The molecular weight excluding hydrogens is 541 g/mol. The number of aromatic nitrogens is 4. The summed E-state index contributed by atoms with van der Waals surface area (Å²) in [5, 5.41) is 14.2. The second-order valence-corrected chi connectivity index (χ2v) is 10.2. The standard InChI is InChI=1S/C31H32FN5O5/c1-19(2)28-25(14-13-24-17-27(38)42-31(39)41-24)29(21-7-9-22(32)10-8-21)35-30(34-28)37(26-15-16-33-36(26)3)18-20-5-11-23(40-4)12-6-20/h5-16,19,24,27,38H,17-18H2,1-4H3/b14-13+/t24-,27+/m1/s1. The highest BCUT2D eigenvalue weighted by atomic mass is 19.1. The number of hydrogen-bond acceptors (Lipinski definition) is 9. The van der Waals surface area contributed by atoms with Crippen LogP contribution >= 0.6 is 0 Å². The molecule has 1 aliphatic rings. The highest BCUT2D eigenvalue weighted by Gasteiger charge is 2.28. The lowest BCUT2D eigenvalue weighted by Gasteiger charge is -2.26. The highest BCUT2D eigenvalue weighted by molar-refractivity contribution is 5.76. The number of carbonyl (C=O) groups is 1. The molecule has 42 heavy (non-hydrogen) atoms. The zero-order valence-corrected chi connectivity index (χ0v) is 23.8. The molecule has 11 heteroatoms. The van der Waals surface area contributed by atoms with Crippen LogP contribution in [0.25, 0.3) is 17.3 Å². The van der Waals surface area contributed by atoms with E-state index in [0.29, 0.717) is 29.3 Å². The van der Waals surface area contributed by atoms with Gasteiger partial charge >= 0.3 is 6.16 Å². The molecule has 3 heterocycles. The van der Waals surface area contributed by atoms with Crippen molar-refractivity contribution in [1.82, 2.24) is 19.7 Å². The molecule has 0 bridgehead atoms. The van der Waals surface area contributed by atoms with Crippen LogP contribution < -0.4 is 9.64 Å². The minimum Gasteiger partial charge on any atom is -0.497 e. The van der Waals surface area contributed by atoms with Gasteiger partial charge in [0.15, 0.2) is 0 Å². The molecule has 0 radical (unpaired) electrons. The van der Waals surface area contributed by atoms with E-state index in [9.17, 15) is 14.3 Å². The van der Waals surface area contributed by atoms with Gasteiger partial charge in [-0.15, -0.1) is 0 Å². The maximum atomic E-state index is 14.0. The summed E-state index contributed by atoms with van der Waals surface area (Å²) in [5.74, 6) is 1.55.